The van der Waals surface area contributed by atoms with Crippen molar-refractivity contribution in [2.45, 2.75) is 38.6 Å². The van der Waals surface area contributed by atoms with Gasteiger partial charge in [-0.15, -0.1) is 0 Å². The number of ether oxygens (including phenoxy) is 2. The van der Waals surface area contributed by atoms with Crippen LogP contribution in [-0.4, -0.2) is 27.3 Å². The number of hydrogen-bond donors (Lipinski definition) is 1. The van der Waals surface area contributed by atoms with Crippen molar-refractivity contribution in [1.82, 2.24) is 5.32 Å². The Bertz CT molecular complexity index is 433. The van der Waals surface area contributed by atoms with E-state index in [0.29, 0.717) is 6.04 Å². The average Bonchev–Trinajstić information content (AvgIpc) is 2.90. The molecule has 3 atom stereocenters. The molecule has 1 aromatic carbocycles. The Morgan fingerprint density at radius 1 is 1.20 bits per heavy atom. The number of nitrogens with one attached hydrogen (secondary N) is 1. The zero-order valence-corrected chi connectivity index (χ0v) is 13.1. The van der Waals surface area contributed by atoms with Gasteiger partial charge in [0.05, 0.1) is 14.2 Å². The first-order chi connectivity index (χ1) is 9.69. The van der Waals surface area contributed by atoms with Gasteiger partial charge in [0, 0.05) is 6.04 Å². The van der Waals surface area contributed by atoms with Gasteiger partial charge in [0.1, 0.15) is 0 Å². The molecule has 1 N–H and O–H groups in total. The van der Waals surface area contributed by atoms with Crippen LogP contribution in [0.25, 0.3) is 0 Å². The molecule has 2 rings (SSSR count). The van der Waals surface area contributed by atoms with E-state index in [-0.39, 0.29) is 0 Å². The summed E-state index contributed by atoms with van der Waals surface area (Å²) >= 11 is 0. The molecule has 1 aliphatic rings. The quantitative estimate of drug-likeness (QED) is 0.865. The Morgan fingerprint density at radius 2 is 1.95 bits per heavy atom. The highest BCUT2D eigenvalue weighted by Crippen LogP contribution is 2.35. The van der Waals surface area contributed by atoms with Crippen LogP contribution in [0.2, 0.25) is 0 Å². The SMILES string of the molecule is CNC(Cc1ccc(OC)c(OC)c1)C1CCCC1C. The summed E-state index contributed by atoms with van der Waals surface area (Å²) in [6.45, 7) is 2.39. The van der Waals surface area contributed by atoms with Crippen molar-refractivity contribution in [3.8, 4) is 11.5 Å². The van der Waals surface area contributed by atoms with Crippen molar-refractivity contribution in [3.63, 3.8) is 0 Å². The Hall–Kier alpha value is -1.22. The van der Waals surface area contributed by atoms with E-state index in [1.807, 2.05) is 6.07 Å². The van der Waals surface area contributed by atoms with Gasteiger partial charge >= 0.3 is 0 Å². The average molecular weight is 277 g/mol. The van der Waals surface area contributed by atoms with Crippen LogP contribution in [0.1, 0.15) is 31.7 Å². The van der Waals surface area contributed by atoms with Crippen molar-refractivity contribution in [1.29, 1.82) is 0 Å². The van der Waals surface area contributed by atoms with Gasteiger partial charge in [-0.2, -0.15) is 0 Å². The first kappa shape index (κ1) is 15.2. The number of likely N-dealkylation sites (N-methyl/N-ethyl adjacent to an activating group) is 1. The monoisotopic (exact) mass is 277 g/mol. The molecule has 0 bridgehead atoms. The van der Waals surface area contributed by atoms with Crippen molar-refractivity contribution in [2.75, 3.05) is 21.3 Å². The van der Waals surface area contributed by atoms with Crippen molar-refractivity contribution < 1.29 is 9.47 Å². The molecular weight excluding hydrogens is 250 g/mol. The summed E-state index contributed by atoms with van der Waals surface area (Å²) in [7, 11) is 5.45. The second kappa shape index (κ2) is 6.98. The fraction of sp³-hybridized carbons (Fsp3) is 0.647. The van der Waals surface area contributed by atoms with E-state index in [2.05, 4.69) is 31.4 Å². The molecule has 0 saturated heterocycles. The third-order valence-corrected chi connectivity index (χ3v) is 4.72. The van der Waals surface area contributed by atoms with Crippen LogP contribution in [0.5, 0.6) is 11.5 Å². The summed E-state index contributed by atoms with van der Waals surface area (Å²) in [5.41, 5.74) is 1.31. The highest BCUT2D eigenvalue weighted by Gasteiger charge is 2.30. The Balaban J connectivity index is 2.11. The van der Waals surface area contributed by atoms with E-state index in [9.17, 15) is 0 Å². The van der Waals surface area contributed by atoms with E-state index < -0.39 is 0 Å². The minimum atomic E-state index is 0.547. The summed E-state index contributed by atoms with van der Waals surface area (Å²) in [5.74, 6) is 3.23. The number of methoxy groups -OCH3 is 2. The molecule has 3 unspecified atom stereocenters. The van der Waals surface area contributed by atoms with E-state index in [1.54, 1.807) is 14.2 Å². The molecule has 112 valence electrons. The maximum Gasteiger partial charge on any atom is 0.160 e. The third-order valence-electron chi connectivity index (χ3n) is 4.72. The largest absolute Gasteiger partial charge is 0.493 e. The summed E-state index contributed by atoms with van der Waals surface area (Å²) in [6.07, 6.45) is 5.14. The molecule has 3 nitrogen and oxygen atoms in total. The van der Waals surface area contributed by atoms with Crippen LogP contribution < -0.4 is 14.8 Å². The van der Waals surface area contributed by atoms with Gasteiger partial charge in [-0.1, -0.05) is 25.8 Å². The highest BCUT2D eigenvalue weighted by molar-refractivity contribution is 5.43. The van der Waals surface area contributed by atoms with Gasteiger partial charge < -0.3 is 14.8 Å². The van der Waals surface area contributed by atoms with Crippen molar-refractivity contribution in [3.05, 3.63) is 23.8 Å². The number of hydrogen-bond acceptors (Lipinski definition) is 3. The fourth-order valence-corrected chi connectivity index (χ4v) is 3.50. The highest BCUT2D eigenvalue weighted by atomic mass is 16.5. The van der Waals surface area contributed by atoms with Crippen LogP contribution >= 0.6 is 0 Å². The molecule has 20 heavy (non-hydrogen) atoms. The van der Waals surface area contributed by atoms with E-state index in [1.165, 1.54) is 24.8 Å². The third kappa shape index (κ3) is 3.26. The summed E-state index contributed by atoms with van der Waals surface area (Å²) in [4.78, 5) is 0. The predicted molar refractivity (Wildman–Crippen MR) is 82.6 cm³/mol. The van der Waals surface area contributed by atoms with Gasteiger partial charge in [0.2, 0.25) is 0 Å². The molecule has 0 aromatic heterocycles. The molecule has 0 amide bonds. The summed E-state index contributed by atoms with van der Waals surface area (Å²) in [5, 5.41) is 3.52. The minimum Gasteiger partial charge on any atom is -0.493 e. The normalized spacial score (nSPS) is 23.6. The molecule has 1 aliphatic carbocycles. The molecule has 0 aliphatic heterocycles. The second-order valence-corrected chi connectivity index (χ2v) is 5.86. The van der Waals surface area contributed by atoms with E-state index in [0.717, 1.165) is 29.8 Å². The van der Waals surface area contributed by atoms with Crippen molar-refractivity contribution >= 4 is 0 Å². The van der Waals surface area contributed by atoms with Gasteiger partial charge in [0.25, 0.3) is 0 Å². The van der Waals surface area contributed by atoms with Crippen LogP contribution in [0.4, 0.5) is 0 Å². The Labute approximate surface area is 122 Å². The van der Waals surface area contributed by atoms with Gasteiger partial charge in [-0.25, -0.2) is 0 Å². The standard InChI is InChI=1S/C17H27NO2/c1-12-6-5-7-14(12)15(18-2)10-13-8-9-16(19-3)17(11-13)20-4/h8-9,11-12,14-15,18H,5-7,10H2,1-4H3. The van der Waals surface area contributed by atoms with E-state index in [4.69, 9.17) is 9.47 Å². The Morgan fingerprint density at radius 3 is 2.50 bits per heavy atom. The zero-order valence-electron chi connectivity index (χ0n) is 13.1. The predicted octanol–water partition coefficient (Wildman–Crippen LogP) is 3.27. The lowest BCUT2D eigenvalue weighted by Crippen LogP contribution is -2.36. The lowest BCUT2D eigenvalue weighted by Gasteiger charge is -2.27. The maximum absolute atomic E-state index is 5.39. The molecule has 0 radical (unpaired) electrons. The molecule has 1 aromatic rings. The lowest BCUT2D eigenvalue weighted by molar-refractivity contribution is 0.307. The topological polar surface area (TPSA) is 30.5 Å². The summed E-state index contributed by atoms with van der Waals surface area (Å²) in [6, 6.07) is 6.79. The smallest absolute Gasteiger partial charge is 0.160 e. The first-order valence-corrected chi connectivity index (χ1v) is 7.57. The zero-order chi connectivity index (χ0) is 14.5. The second-order valence-electron chi connectivity index (χ2n) is 5.86. The molecule has 1 fully saturated rings. The molecule has 1 saturated carbocycles. The fourth-order valence-electron chi connectivity index (χ4n) is 3.50. The molecule has 0 heterocycles. The van der Waals surface area contributed by atoms with Crippen LogP contribution in [0, 0.1) is 11.8 Å². The van der Waals surface area contributed by atoms with Crippen molar-refractivity contribution in [2.24, 2.45) is 11.8 Å². The van der Waals surface area contributed by atoms with Crippen LogP contribution in [-0.2, 0) is 6.42 Å². The van der Waals surface area contributed by atoms with E-state index >= 15 is 0 Å². The summed E-state index contributed by atoms with van der Waals surface area (Å²) < 4.78 is 10.7. The number of rotatable bonds is 6. The first-order valence-electron chi connectivity index (χ1n) is 7.57. The maximum atomic E-state index is 5.39. The molecular formula is C17H27NO2. The van der Waals surface area contributed by atoms with Crippen LogP contribution in [0.3, 0.4) is 0 Å². The van der Waals surface area contributed by atoms with Gasteiger partial charge in [-0.3, -0.25) is 0 Å². The molecule has 0 spiro atoms. The molecule has 3 heteroatoms. The van der Waals surface area contributed by atoms with Crippen LogP contribution in [0.15, 0.2) is 18.2 Å². The lowest BCUT2D eigenvalue weighted by atomic mass is 9.86. The van der Waals surface area contributed by atoms with Gasteiger partial charge in [-0.05, 0) is 49.4 Å². The minimum absolute atomic E-state index is 0.547. The number of benzene rings is 1. The Kier molecular flexibility index (Phi) is 5.30. The van der Waals surface area contributed by atoms with Gasteiger partial charge in [0.15, 0.2) is 11.5 Å².